The average Bonchev–Trinajstić information content (AvgIpc) is 2.78. The Morgan fingerprint density at radius 3 is 3.27 bits per heavy atom. The van der Waals surface area contributed by atoms with Crippen LogP contribution in [0, 0.1) is 0 Å². The second kappa shape index (κ2) is 4.77. The summed E-state index contributed by atoms with van der Waals surface area (Å²) in [5, 5.41) is 3.36. The van der Waals surface area contributed by atoms with Crippen LogP contribution in [-0.4, -0.2) is 24.6 Å². The van der Waals surface area contributed by atoms with Crippen LogP contribution in [-0.2, 0) is 0 Å². The number of hydrogen-bond acceptors (Lipinski definition) is 4. The van der Waals surface area contributed by atoms with Gasteiger partial charge in [0, 0.05) is 24.9 Å². The van der Waals surface area contributed by atoms with Gasteiger partial charge in [0.1, 0.15) is 5.76 Å². The molecule has 1 aromatic heterocycles. The van der Waals surface area contributed by atoms with E-state index >= 15 is 0 Å². The summed E-state index contributed by atoms with van der Waals surface area (Å²) in [6, 6.07) is 0. The number of aromatic nitrogens is 1. The van der Waals surface area contributed by atoms with Gasteiger partial charge in [0.25, 0.3) is 0 Å². The molecule has 2 atom stereocenters. The van der Waals surface area contributed by atoms with E-state index in [4.69, 9.17) is 10.2 Å². The van der Waals surface area contributed by atoms with Crippen LogP contribution in [0.1, 0.15) is 43.3 Å². The summed E-state index contributed by atoms with van der Waals surface area (Å²) in [5.41, 5.74) is 5.59. The molecule has 1 fully saturated rings. The number of nitrogens with two attached hydrogens (primary N) is 1. The average molecular weight is 209 g/mol. The van der Waals surface area contributed by atoms with Gasteiger partial charge >= 0.3 is 0 Å². The van der Waals surface area contributed by atoms with Crippen molar-refractivity contribution in [3.05, 3.63) is 17.8 Å². The molecule has 3 N–H and O–H groups in total. The highest BCUT2D eigenvalue weighted by Gasteiger charge is 2.20. The monoisotopic (exact) mass is 209 g/mol. The van der Waals surface area contributed by atoms with Crippen LogP contribution < -0.4 is 11.1 Å². The minimum atomic E-state index is 0.266. The Labute approximate surface area is 90.2 Å². The standard InChI is InChI=1S/C11H19N3O/c1-8(5-12)10-7-14-11(15-10)9-3-2-4-13-6-9/h7-9,13H,2-6,12H2,1H3. The Hall–Kier alpha value is -0.870. The van der Waals surface area contributed by atoms with E-state index in [2.05, 4.69) is 17.2 Å². The van der Waals surface area contributed by atoms with Gasteiger partial charge in [0.05, 0.1) is 6.20 Å². The van der Waals surface area contributed by atoms with Crippen molar-refractivity contribution >= 4 is 0 Å². The van der Waals surface area contributed by atoms with Crippen molar-refractivity contribution in [3.63, 3.8) is 0 Å². The van der Waals surface area contributed by atoms with Crippen LogP contribution >= 0.6 is 0 Å². The molecule has 1 aliphatic heterocycles. The first-order valence-electron chi connectivity index (χ1n) is 5.67. The molecular formula is C11H19N3O. The molecule has 0 aromatic carbocycles. The molecule has 2 unspecified atom stereocenters. The lowest BCUT2D eigenvalue weighted by atomic mass is 10.00. The van der Waals surface area contributed by atoms with Gasteiger partial charge in [-0.25, -0.2) is 4.98 Å². The number of nitrogens with zero attached hydrogens (tertiary/aromatic N) is 1. The van der Waals surface area contributed by atoms with Gasteiger partial charge in [0.15, 0.2) is 5.89 Å². The molecule has 0 bridgehead atoms. The summed E-state index contributed by atoms with van der Waals surface area (Å²) in [6.45, 7) is 4.77. The fourth-order valence-corrected chi connectivity index (χ4v) is 1.90. The quantitative estimate of drug-likeness (QED) is 0.785. The zero-order chi connectivity index (χ0) is 10.7. The van der Waals surface area contributed by atoms with Crippen LogP contribution in [0.25, 0.3) is 0 Å². The molecule has 2 heterocycles. The lowest BCUT2D eigenvalue weighted by Gasteiger charge is -2.19. The third kappa shape index (κ3) is 2.38. The Bertz CT molecular complexity index is 305. The molecule has 1 saturated heterocycles. The predicted molar refractivity (Wildman–Crippen MR) is 58.8 cm³/mol. The van der Waals surface area contributed by atoms with Crippen molar-refractivity contribution < 1.29 is 4.42 Å². The highest BCUT2D eigenvalue weighted by Crippen LogP contribution is 2.25. The third-order valence-corrected chi connectivity index (χ3v) is 3.03. The maximum absolute atomic E-state index is 5.74. The normalized spacial score (nSPS) is 24.0. The predicted octanol–water partition coefficient (Wildman–Crippen LogP) is 1.20. The third-order valence-electron chi connectivity index (χ3n) is 3.03. The fourth-order valence-electron chi connectivity index (χ4n) is 1.90. The number of rotatable bonds is 3. The van der Waals surface area contributed by atoms with Crippen molar-refractivity contribution in [1.82, 2.24) is 10.3 Å². The molecule has 84 valence electrons. The Balaban J connectivity index is 2.05. The second-order valence-electron chi connectivity index (χ2n) is 4.28. The van der Waals surface area contributed by atoms with Gasteiger partial charge in [-0.1, -0.05) is 6.92 Å². The van der Waals surface area contributed by atoms with Gasteiger partial charge < -0.3 is 15.5 Å². The zero-order valence-electron chi connectivity index (χ0n) is 9.20. The summed E-state index contributed by atoms with van der Waals surface area (Å²) < 4.78 is 5.74. The van der Waals surface area contributed by atoms with Gasteiger partial charge in [0.2, 0.25) is 0 Å². The Morgan fingerprint density at radius 2 is 2.60 bits per heavy atom. The van der Waals surface area contributed by atoms with E-state index in [1.165, 1.54) is 12.8 Å². The number of piperidine rings is 1. The summed E-state index contributed by atoms with van der Waals surface area (Å²) >= 11 is 0. The molecule has 0 spiro atoms. The van der Waals surface area contributed by atoms with E-state index in [9.17, 15) is 0 Å². The minimum Gasteiger partial charge on any atom is -0.445 e. The second-order valence-corrected chi connectivity index (χ2v) is 4.28. The molecule has 0 saturated carbocycles. The van der Waals surface area contributed by atoms with Crippen molar-refractivity contribution in [2.45, 2.75) is 31.6 Å². The van der Waals surface area contributed by atoms with Gasteiger partial charge in [-0.3, -0.25) is 0 Å². The van der Waals surface area contributed by atoms with Crippen molar-refractivity contribution in [2.75, 3.05) is 19.6 Å². The zero-order valence-corrected chi connectivity index (χ0v) is 9.20. The molecule has 0 aliphatic carbocycles. The van der Waals surface area contributed by atoms with Gasteiger partial charge in [-0.2, -0.15) is 0 Å². The van der Waals surface area contributed by atoms with E-state index in [0.29, 0.717) is 12.5 Å². The topological polar surface area (TPSA) is 64.1 Å². The minimum absolute atomic E-state index is 0.266. The van der Waals surface area contributed by atoms with Gasteiger partial charge in [-0.05, 0) is 19.4 Å². The summed E-state index contributed by atoms with van der Waals surface area (Å²) in [4.78, 5) is 4.35. The molecule has 0 radical (unpaired) electrons. The highest BCUT2D eigenvalue weighted by atomic mass is 16.4. The smallest absolute Gasteiger partial charge is 0.198 e. The van der Waals surface area contributed by atoms with Gasteiger partial charge in [-0.15, -0.1) is 0 Å². The molecule has 2 rings (SSSR count). The molecule has 1 aromatic rings. The number of hydrogen-bond donors (Lipinski definition) is 2. The highest BCUT2D eigenvalue weighted by molar-refractivity contribution is 5.05. The first-order chi connectivity index (χ1) is 7.31. The van der Waals surface area contributed by atoms with Crippen LogP contribution in [0.3, 0.4) is 0 Å². The van der Waals surface area contributed by atoms with E-state index in [0.717, 1.165) is 24.7 Å². The molecule has 1 aliphatic rings. The molecule has 4 heteroatoms. The largest absolute Gasteiger partial charge is 0.445 e. The van der Waals surface area contributed by atoms with Crippen molar-refractivity contribution in [2.24, 2.45) is 5.73 Å². The Kier molecular flexibility index (Phi) is 3.38. The lowest BCUT2D eigenvalue weighted by molar-refractivity contribution is 0.356. The van der Waals surface area contributed by atoms with Crippen molar-refractivity contribution in [1.29, 1.82) is 0 Å². The van der Waals surface area contributed by atoms with Crippen LogP contribution in [0.5, 0.6) is 0 Å². The molecule has 4 nitrogen and oxygen atoms in total. The summed E-state index contributed by atoms with van der Waals surface area (Å²) in [6.07, 6.45) is 4.19. The van der Waals surface area contributed by atoms with E-state index in [-0.39, 0.29) is 5.92 Å². The van der Waals surface area contributed by atoms with Crippen LogP contribution in [0.15, 0.2) is 10.6 Å². The molecular weight excluding hydrogens is 190 g/mol. The summed E-state index contributed by atoms with van der Waals surface area (Å²) in [5.74, 6) is 2.50. The maximum atomic E-state index is 5.74. The van der Waals surface area contributed by atoms with Crippen LogP contribution in [0.4, 0.5) is 0 Å². The van der Waals surface area contributed by atoms with Crippen LogP contribution in [0.2, 0.25) is 0 Å². The molecule has 15 heavy (non-hydrogen) atoms. The van der Waals surface area contributed by atoms with E-state index < -0.39 is 0 Å². The first-order valence-corrected chi connectivity index (χ1v) is 5.67. The first kappa shape index (κ1) is 10.6. The summed E-state index contributed by atoms with van der Waals surface area (Å²) in [7, 11) is 0. The number of oxazole rings is 1. The number of nitrogens with one attached hydrogen (secondary N) is 1. The SMILES string of the molecule is CC(CN)c1cnc(C2CCCNC2)o1. The van der Waals surface area contributed by atoms with E-state index in [1.54, 1.807) is 0 Å². The van der Waals surface area contributed by atoms with E-state index in [1.807, 2.05) is 6.20 Å². The fraction of sp³-hybridized carbons (Fsp3) is 0.727. The Morgan fingerprint density at radius 1 is 1.73 bits per heavy atom. The van der Waals surface area contributed by atoms with Crippen molar-refractivity contribution in [3.8, 4) is 0 Å². The maximum Gasteiger partial charge on any atom is 0.198 e. The molecule has 0 amide bonds. The lowest BCUT2D eigenvalue weighted by Crippen LogP contribution is -2.28.